The molecule has 10 heteroatoms. The van der Waals surface area contributed by atoms with Crippen LogP contribution in [0.2, 0.25) is 0 Å². The highest BCUT2D eigenvalue weighted by Crippen LogP contribution is 2.34. The van der Waals surface area contributed by atoms with Crippen LogP contribution in [-0.4, -0.2) is 37.9 Å². The number of benzene rings is 2. The van der Waals surface area contributed by atoms with Crippen LogP contribution in [0, 0.1) is 0 Å². The molecule has 0 spiro atoms. The molecule has 1 amide bonds. The van der Waals surface area contributed by atoms with Gasteiger partial charge in [-0.3, -0.25) is 19.4 Å². The average Bonchev–Trinajstić information content (AvgIpc) is 3.37. The van der Waals surface area contributed by atoms with Crippen molar-refractivity contribution in [1.29, 1.82) is 0 Å². The van der Waals surface area contributed by atoms with Crippen molar-refractivity contribution in [3.05, 3.63) is 83.4 Å². The van der Waals surface area contributed by atoms with Crippen molar-refractivity contribution in [2.45, 2.75) is 17.7 Å². The van der Waals surface area contributed by atoms with Gasteiger partial charge in [0, 0.05) is 23.7 Å². The standard InChI is InChI=1S/C25H22N4O4S2/c1-33-19-9-12-23-18(15-19)5-4-14-29(23)35(31,32)20-10-7-17(8-11-20)24(30)28-25-27-22(16-34-25)21-6-2-3-13-26-21/h2-3,6-13,15-16H,4-5,14H2,1H3,(H,27,28,30). The second-order valence-electron chi connectivity index (χ2n) is 7.91. The number of anilines is 2. The molecule has 8 nitrogen and oxygen atoms in total. The van der Waals surface area contributed by atoms with Gasteiger partial charge < -0.3 is 4.74 Å². The van der Waals surface area contributed by atoms with Gasteiger partial charge in [-0.2, -0.15) is 0 Å². The summed E-state index contributed by atoms with van der Waals surface area (Å²) in [5, 5.41) is 5.02. The predicted octanol–water partition coefficient (Wildman–Crippen LogP) is 4.61. The lowest BCUT2D eigenvalue weighted by Crippen LogP contribution is -2.35. The van der Waals surface area contributed by atoms with Gasteiger partial charge in [0.05, 0.1) is 23.4 Å². The number of pyridine rings is 1. The third-order valence-corrected chi connectivity index (χ3v) is 8.30. The number of rotatable bonds is 6. The molecule has 35 heavy (non-hydrogen) atoms. The number of nitrogens with zero attached hydrogens (tertiary/aromatic N) is 3. The molecule has 0 aliphatic carbocycles. The van der Waals surface area contributed by atoms with E-state index < -0.39 is 10.0 Å². The molecule has 1 aliphatic rings. The fraction of sp³-hybridized carbons (Fsp3) is 0.160. The molecular formula is C25H22N4O4S2. The molecule has 1 N–H and O–H groups in total. The first-order valence-electron chi connectivity index (χ1n) is 10.9. The summed E-state index contributed by atoms with van der Waals surface area (Å²) >= 11 is 1.30. The molecule has 178 valence electrons. The first-order valence-corrected chi connectivity index (χ1v) is 13.3. The molecule has 0 saturated carbocycles. The zero-order valence-electron chi connectivity index (χ0n) is 18.8. The summed E-state index contributed by atoms with van der Waals surface area (Å²) < 4.78 is 33.5. The summed E-state index contributed by atoms with van der Waals surface area (Å²) in [7, 11) is -2.19. The van der Waals surface area contributed by atoms with E-state index in [1.54, 1.807) is 25.4 Å². The minimum atomic E-state index is -3.78. The van der Waals surface area contributed by atoms with Crippen molar-refractivity contribution in [2.24, 2.45) is 0 Å². The molecule has 0 atom stereocenters. The van der Waals surface area contributed by atoms with E-state index in [2.05, 4.69) is 15.3 Å². The lowest BCUT2D eigenvalue weighted by atomic mass is 10.0. The van der Waals surface area contributed by atoms with Gasteiger partial charge in [-0.1, -0.05) is 6.07 Å². The van der Waals surface area contributed by atoms with E-state index in [1.165, 1.54) is 39.9 Å². The first-order chi connectivity index (χ1) is 17.0. The highest BCUT2D eigenvalue weighted by Gasteiger charge is 2.29. The lowest BCUT2D eigenvalue weighted by molar-refractivity contribution is 0.102. The van der Waals surface area contributed by atoms with Crippen LogP contribution >= 0.6 is 11.3 Å². The van der Waals surface area contributed by atoms with Crippen LogP contribution in [0.5, 0.6) is 5.75 Å². The number of hydrogen-bond donors (Lipinski definition) is 1. The van der Waals surface area contributed by atoms with Gasteiger partial charge in [-0.05, 0) is 73.0 Å². The Bertz CT molecular complexity index is 1470. The third kappa shape index (κ3) is 4.62. The number of nitrogens with one attached hydrogen (secondary N) is 1. The van der Waals surface area contributed by atoms with Crippen molar-refractivity contribution in [3.63, 3.8) is 0 Å². The van der Waals surface area contributed by atoms with Gasteiger partial charge in [0.15, 0.2) is 5.13 Å². The molecule has 4 aromatic rings. The van der Waals surface area contributed by atoms with Crippen LogP contribution in [0.4, 0.5) is 10.8 Å². The SMILES string of the molecule is COc1ccc2c(c1)CCCN2S(=O)(=O)c1ccc(C(=O)Nc2nc(-c3ccccn3)cs2)cc1. The van der Waals surface area contributed by atoms with Gasteiger partial charge in [0.25, 0.3) is 15.9 Å². The summed E-state index contributed by atoms with van der Waals surface area (Å²) in [5.74, 6) is 0.331. The minimum absolute atomic E-state index is 0.129. The zero-order chi connectivity index (χ0) is 24.4. The Hall–Kier alpha value is -3.76. The van der Waals surface area contributed by atoms with Crippen molar-refractivity contribution < 1.29 is 17.9 Å². The number of thiazole rings is 1. The van der Waals surface area contributed by atoms with Gasteiger partial charge in [0.2, 0.25) is 0 Å². The summed E-state index contributed by atoms with van der Waals surface area (Å²) in [4.78, 5) is 21.5. The van der Waals surface area contributed by atoms with E-state index in [4.69, 9.17) is 4.74 Å². The quantitative estimate of drug-likeness (QED) is 0.410. The van der Waals surface area contributed by atoms with E-state index in [-0.39, 0.29) is 10.8 Å². The number of sulfonamides is 1. The van der Waals surface area contributed by atoms with Crippen LogP contribution in [-0.2, 0) is 16.4 Å². The largest absolute Gasteiger partial charge is 0.497 e. The minimum Gasteiger partial charge on any atom is -0.497 e. The normalized spacial score (nSPS) is 13.2. The lowest BCUT2D eigenvalue weighted by Gasteiger charge is -2.30. The maximum Gasteiger partial charge on any atom is 0.264 e. The van der Waals surface area contributed by atoms with Crippen LogP contribution in [0.15, 0.2) is 77.1 Å². The summed E-state index contributed by atoms with van der Waals surface area (Å²) in [5.41, 5.74) is 3.32. The Balaban J connectivity index is 1.33. The molecule has 1 aliphatic heterocycles. The Kier molecular flexibility index (Phi) is 6.23. The Labute approximate surface area is 207 Å². The number of aromatic nitrogens is 2. The van der Waals surface area contributed by atoms with Crippen molar-refractivity contribution in [3.8, 4) is 17.1 Å². The summed E-state index contributed by atoms with van der Waals surface area (Å²) in [6.07, 6.45) is 3.19. The van der Waals surface area contributed by atoms with Gasteiger partial charge in [-0.15, -0.1) is 11.3 Å². The van der Waals surface area contributed by atoms with E-state index in [0.717, 1.165) is 17.7 Å². The van der Waals surface area contributed by atoms with Crippen molar-refractivity contribution >= 4 is 38.1 Å². The number of fused-ring (bicyclic) bond motifs is 1. The van der Waals surface area contributed by atoms with E-state index >= 15 is 0 Å². The van der Waals surface area contributed by atoms with Gasteiger partial charge in [0.1, 0.15) is 11.4 Å². The summed E-state index contributed by atoms with van der Waals surface area (Å²) in [6, 6.07) is 16.9. The first kappa shape index (κ1) is 23.0. The topological polar surface area (TPSA) is 101 Å². The maximum atomic E-state index is 13.4. The number of carbonyl (C=O) groups is 1. The predicted molar refractivity (Wildman–Crippen MR) is 136 cm³/mol. The van der Waals surface area contributed by atoms with E-state index in [0.29, 0.717) is 40.8 Å². The van der Waals surface area contributed by atoms with Crippen molar-refractivity contribution in [1.82, 2.24) is 9.97 Å². The second kappa shape index (κ2) is 9.47. The van der Waals surface area contributed by atoms with Crippen LogP contribution in [0.1, 0.15) is 22.3 Å². The molecule has 3 heterocycles. The van der Waals surface area contributed by atoms with Gasteiger partial charge in [-0.25, -0.2) is 13.4 Å². The van der Waals surface area contributed by atoms with E-state index in [9.17, 15) is 13.2 Å². The highest BCUT2D eigenvalue weighted by molar-refractivity contribution is 7.92. The molecule has 0 bridgehead atoms. The fourth-order valence-corrected chi connectivity index (χ4v) is 6.19. The second-order valence-corrected chi connectivity index (χ2v) is 10.6. The van der Waals surface area contributed by atoms with Crippen molar-refractivity contribution in [2.75, 3.05) is 23.3 Å². The average molecular weight is 507 g/mol. The zero-order valence-corrected chi connectivity index (χ0v) is 20.5. The number of amides is 1. The fourth-order valence-electron chi connectivity index (χ4n) is 3.95. The number of carbonyl (C=O) groups excluding carboxylic acids is 1. The van der Waals surface area contributed by atoms with Gasteiger partial charge >= 0.3 is 0 Å². The number of ether oxygens (including phenoxy) is 1. The Morgan fingerprint density at radius 2 is 1.91 bits per heavy atom. The Morgan fingerprint density at radius 1 is 1.09 bits per heavy atom. The number of aryl methyl sites for hydroxylation is 1. The van der Waals surface area contributed by atoms with Crippen LogP contribution in [0.25, 0.3) is 11.4 Å². The number of hydrogen-bond acceptors (Lipinski definition) is 7. The molecule has 0 radical (unpaired) electrons. The highest BCUT2D eigenvalue weighted by atomic mass is 32.2. The monoisotopic (exact) mass is 506 g/mol. The molecule has 5 rings (SSSR count). The molecular weight excluding hydrogens is 484 g/mol. The molecule has 0 saturated heterocycles. The van der Waals surface area contributed by atoms with E-state index in [1.807, 2.05) is 29.6 Å². The van der Waals surface area contributed by atoms with Crippen LogP contribution in [0.3, 0.4) is 0 Å². The molecule has 2 aromatic carbocycles. The Morgan fingerprint density at radius 3 is 2.66 bits per heavy atom. The van der Waals surface area contributed by atoms with Crippen LogP contribution < -0.4 is 14.4 Å². The number of methoxy groups -OCH3 is 1. The molecule has 0 fully saturated rings. The maximum absolute atomic E-state index is 13.4. The summed E-state index contributed by atoms with van der Waals surface area (Å²) in [6.45, 7) is 0.395. The molecule has 2 aromatic heterocycles. The smallest absolute Gasteiger partial charge is 0.264 e. The third-order valence-electron chi connectivity index (χ3n) is 5.72. The molecule has 0 unspecified atom stereocenters.